The minimum atomic E-state index is 0.910. The summed E-state index contributed by atoms with van der Waals surface area (Å²) in [5.74, 6) is 0. The van der Waals surface area contributed by atoms with Gasteiger partial charge in [0.1, 0.15) is 19.7 Å². The normalized spacial score (nSPS) is 10.8. The van der Waals surface area contributed by atoms with E-state index in [1.807, 2.05) is 0 Å². The van der Waals surface area contributed by atoms with Crippen LogP contribution in [0.1, 0.15) is 33.6 Å². The molecule has 2 nitrogen and oxygen atoms in total. The molecule has 2 heteroatoms. The SMILES string of the molecule is CCCCO[NH+](CC)CC. The molecule has 0 aliphatic rings. The van der Waals surface area contributed by atoms with E-state index in [0.717, 1.165) is 19.7 Å². The minimum Gasteiger partial charge on any atom is -0.205 e. The Morgan fingerprint density at radius 2 is 1.70 bits per heavy atom. The average Bonchev–Trinajstić information content (AvgIpc) is 1.99. The summed E-state index contributed by atoms with van der Waals surface area (Å²) in [6.45, 7) is 9.52. The van der Waals surface area contributed by atoms with Gasteiger partial charge in [0.05, 0.1) is 0 Å². The van der Waals surface area contributed by atoms with Gasteiger partial charge >= 0.3 is 0 Å². The van der Waals surface area contributed by atoms with Crippen LogP contribution in [0.15, 0.2) is 0 Å². The lowest BCUT2D eigenvalue weighted by atomic mass is 10.4. The maximum atomic E-state index is 5.50. The van der Waals surface area contributed by atoms with E-state index in [9.17, 15) is 0 Å². The molecular formula is C8H20NO+. The Morgan fingerprint density at radius 1 is 1.10 bits per heavy atom. The largest absolute Gasteiger partial charge is 0.205 e. The molecule has 0 atom stereocenters. The quantitative estimate of drug-likeness (QED) is 0.429. The molecule has 0 aromatic heterocycles. The van der Waals surface area contributed by atoms with Crippen LogP contribution >= 0.6 is 0 Å². The number of unbranched alkanes of at least 4 members (excludes halogenated alkanes) is 1. The van der Waals surface area contributed by atoms with E-state index in [1.165, 1.54) is 17.9 Å². The zero-order valence-corrected chi connectivity index (χ0v) is 7.44. The Bertz CT molecular complexity index is 62.3. The van der Waals surface area contributed by atoms with Crippen LogP contribution in [0.25, 0.3) is 0 Å². The van der Waals surface area contributed by atoms with Gasteiger partial charge in [-0.3, -0.25) is 0 Å². The van der Waals surface area contributed by atoms with Crippen LogP contribution in [-0.2, 0) is 4.84 Å². The van der Waals surface area contributed by atoms with Crippen molar-refractivity contribution in [3.05, 3.63) is 0 Å². The molecule has 62 valence electrons. The molecule has 10 heavy (non-hydrogen) atoms. The first-order valence-corrected chi connectivity index (χ1v) is 4.32. The molecule has 0 aliphatic carbocycles. The Balaban J connectivity index is 3.09. The summed E-state index contributed by atoms with van der Waals surface area (Å²) in [7, 11) is 0. The summed E-state index contributed by atoms with van der Waals surface area (Å²) in [4.78, 5) is 5.50. The number of hydrogen-bond donors (Lipinski definition) is 1. The molecule has 0 saturated heterocycles. The summed E-state index contributed by atoms with van der Waals surface area (Å²) in [5.41, 5.74) is 0. The van der Waals surface area contributed by atoms with Crippen molar-refractivity contribution < 1.29 is 9.90 Å². The van der Waals surface area contributed by atoms with Crippen LogP contribution in [0.4, 0.5) is 0 Å². The van der Waals surface area contributed by atoms with Gasteiger partial charge in [-0.25, -0.2) is 4.84 Å². The van der Waals surface area contributed by atoms with Crippen molar-refractivity contribution in [1.82, 2.24) is 0 Å². The Kier molecular flexibility index (Phi) is 6.98. The molecule has 1 N–H and O–H groups in total. The fraction of sp³-hybridized carbons (Fsp3) is 1.00. The Hall–Kier alpha value is -0.0800. The van der Waals surface area contributed by atoms with Crippen molar-refractivity contribution in [2.45, 2.75) is 33.6 Å². The molecular weight excluding hydrogens is 126 g/mol. The molecule has 0 bridgehead atoms. The van der Waals surface area contributed by atoms with Gasteiger partial charge in [0, 0.05) is 0 Å². The molecule has 0 aromatic carbocycles. The third-order valence-electron chi connectivity index (χ3n) is 1.59. The van der Waals surface area contributed by atoms with Crippen LogP contribution < -0.4 is 5.06 Å². The van der Waals surface area contributed by atoms with E-state index in [4.69, 9.17) is 4.84 Å². The predicted octanol–water partition coefficient (Wildman–Crippen LogP) is 0.643. The van der Waals surface area contributed by atoms with Crippen LogP contribution in [0.3, 0.4) is 0 Å². The maximum absolute atomic E-state index is 5.50. The third kappa shape index (κ3) is 4.77. The average molecular weight is 146 g/mol. The number of nitrogens with one attached hydrogen (secondary N) is 1. The zero-order chi connectivity index (χ0) is 7.82. The van der Waals surface area contributed by atoms with E-state index >= 15 is 0 Å². The summed E-state index contributed by atoms with van der Waals surface area (Å²) >= 11 is 0. The lowest BCUT2D eigenvalue weighted by Crippen LogP contribution is -3.10. The second kappa shape index (κ2) is 7.03. The number of rotatable bonds is 6. The third-order valence-corrected chi connectivity index (χ3v) is 1.59. The van der Waals surface area contributed by atoms with Crippen molar-refractivity contribution in [1.29, 1.82) is 0 Å². The summed E-state index contributed by atoms with van der Waals surface area (Å²) in [5, 5.41) is 1.24. The first-order valence-electron chi connectivity index (χ1n) is 4.32. The lowest BCUT2D eigenvalue weighted by molar-refractivity contribution is -1.09. The second-order valence-electron chi connectivity index (χ2n) is 2.45. The fourth-order valence-electron chi connectivity index (χ4n) is 0.815. The molecule has 0 amide bonds. The van der Waals surface area contributed by atoms with Crippen LogP contribution in [0.2, 0.25) is 0 Å². The van der Waals surface area contributed by atoms with E-state index in [1.54, 1.807) is 0 Å². The van der Waals surface area contributed by atoms with Gasteiger partial charge in [-0.1, -0.05) is 13.3 Å². The van der Waals surface area contributed by atoms with Gasteiger partial charge in [0.15, 0.2) is 0 Å². The monoisotopic (exact) mass is 146 g/mol. The first kappa shape index (κ1) is 9.92. The molecule has 0 fully saturated rings. The van der Waals surface area contributed by atoms with Crippen molar-refractivity contribution in [3.8, 4) is 0 Å². The van der Waals surface area contributed by atoms with Gasteiger partial charge in [-0.05, 0) is 20.3 Å². The maximum Gasteiger partial charge on any atom is 0.106 e. The molecule has 0 aromatic rings. The smallest absolute Gasteiger partial charge is 0.106 e. The summed E-state index contributed by atoms with van der Waals surface area (Å²) in [6, 6.07) is 0. The van der Waals surface area contributed by atoms with E-state index in [2.05, 4.69) is 20.8 Å². The molecule has 0 spiro atoms. The van der Waals surface area contributed by atoms with E-state index in [-0.39, 0.29) is 0 Å². The van der Waals surface area contributed by atoms with Crippen molar-refractivity contribution >= 4 is 0 Å². The standard InChI is InChI=1S/C8H19NO/c1-4-7-8-10-9(5-2)6-3/h4-8H2,1-3H3/p+1. The number of hydrogen-bond acceptors (Lipinski definition) is 1. The topological polar surface area (TPSA) is 13.7 Å². The summed E-state index contributed by atoms with van der Waals surface area (Å²) < 4.78 is 0. The predicted molar refractivity (Wildman–Crippen MR) is 42.9 cm³/mol. The molecule has 0 radical (unpaired) electrons. The molecule has 0 heterocycles. The molecule has 0 aliphatic heterocycles. The molecule has 0 rings (SSSR count). The Morgan fingerprint density at radius 3 is 2.10 bits per heavy atom. The summed E-state index contributed by atoms with van der Waals surface area (Å²) in [6.07, 6.45) is 2.41. The number of hydroxylamine groups is 2. The van der Waals surface area contributed by atoms with E-state index in [0.29, 0.717) is 0 Å². The minimum absolute atomic E-state index is 0.910. The van der Waals surface area contributed by atoms with Crippen molar-refractivity contribution in [3.63, 3.8) is 0 Å². The second-order valence-corrected chi connectivity index (χ2v) is 2.45. The van der Waals surface area contributed by atoms with Gasteiger partial charge in [-0.2, -0.15) is 5.06 Å². The van der Waals surface area contributed by atoms with Crippen LogP contribution in [0.5, 0.6) is 0 Å². The van der Waals surface area contributed by atoms with Gasteiger partial charge in [0.25, 0.3) is 0 Å². The molecule has 0 saturated carbocycles. The number of quaternary nitrogens is 1. The van der Waals surface area contributed by atoms with Crippen LogP contribution in [-0.4, -0.2) is 19.7 Å². The lowest BCUT2D eigenvalue weighted by Gasteiger charge is -2.12. The van der Waals surface area contributed by atoms with Gasteiger partial charge < -0.3 is 0 Å². The molecule has 0 unspecified atom stereocenters. The van der Waals surface area contributed by atoms with Crippen molar-refractivity contribution in [2.75, 3.05) is 19.7 Å². The van der Waals surface area contributed by atoms with Crippen molar-refractivity contribution in [2.24, 2.45) is 0 Å². The highest BCUT2D eigenvalue weighted by Gasteiger charge is 2.00. The highest BCUT2D eigenvalue weighted by Crippen LogP contribution is 1.82. The highest BCUT2D eigenvalue weighted by atomic mass is 16.7. The van der Waals surface area contributed by atoms with Gasteiger partial charge in [0.2, 0.25) is 0 Å². The Labute approximate surface area is 64.1 Å². The first-order chi connectivity index (χ1) is 4.85. The fourth-order valence-corrected chi connectivity index (χ4v) is 0.815. The van der Waals surface area contributed by atoms with E-state index < -0.39 is 0 Å². The van der Waals surface area contributed by atoms with Gasteiger partial charge in [-0.15, -0.1) is 0 Å². The highest BCUT2D eigenvalue weighted by molar-refractivity contribution is 4.25. The van der Waals surface area contributed by atoms with Crippen LogP contribution in [0, 0.1) is 0 Å². The zero-order valence-electron chi connectivity index (χ0n) is 7.44.